The minimum Gasteiger partial charge on any atom is -0.465 e. The third-order valence-electron chi connectivity index (χ3n) is 1.85. The zero-order chi connectivity index (χ0) is 10.2. The molecule has 0 radical (unpaired) electrons. The van der Waals surface area contributed by atoms with E-state index in [1.165, 1.54) is 0 Å². The molecule has 0 aliphatic rings. The highest BCUT2D eigenvalue weighted by Gasteiger charge is 2.06. The van der Waals surface area contributed by atoms with E-state index in [4.69, 9.17) is 9.47 Å². The van der Waals surface area contributed by atoms with Gasteiger partial charge in [0.15, 0.2) is 6.29 Å². The summed E-state index contributed by atoms with van der Waals surface area (Å²) in [7, 11) is 0. The number of para-hydroxylation sites is 1. The van der Waals surface area contributed by atoms with E-state index in [0.29, 0.717) is 0 Å². The fourth-order valence-corrected chi connectivity index (χ4v) is 1.14. The van der Waals surface area contributed by atoms with Crippen LogP contribution >= 0.6 is 0 Å². The van der Waals surface area contributed by atoms with Gasteiger partial charge in [0.05, 0.1) is 6.61 Å². The molecule has 0 aliphatic carbocycles. The highest BCUT2D eigenvalue weighted by atomic mass is 16.7. The molecule has 2 nitrogen and oxygen atoms in total. The van der Waals surface area contributed by atoms with Crippen LogP contribution < -0.4 is 4.74 Å². The zero-order valence-corrected chi connectivity index (χ0v) is 8.90. The molecule has 0 fully saturated rings. The third-order valence-corrected chi connectivity index (χ3v) is 1.85. The average Bonchev–Trinajstić information content (AvgIpc) is 2.25. The van der Waals surface area contributed by atoms with Gasteiger partial charge in [-0.3, -0.25) is 0 Å². The second-order valence-corrected chi connectivity index (χ2v) is 3.14. The van der Waals surface area contributed by atoms with Gasteiger partial charge >= 0.3 is 0 Å². The SMILES string of the molecule is CCCOC(CC)Oc1ccccc1. The maximum Gasteiger partial charge on any atom is 0.199 e. The van der Waals surface area contributed by atoms with E-state index in [-0.39, 0.29) is 6.29 Å². The monoisotopic (exact) mass is 194 g/mol. The minimum atomic E-state index is -0.114. The van der Waals surface area contributed by atoms with Crippen molar-refractivity contribution in [1.29, 1.82) is 0 Å². The lowest BCUT2D eigenvalue weighted by molar-refractivity contribution is -0.0812. The van der Waals surface area contributed by atoms with E-state index in [1.54, 1.807) is 0 Å². The van der Waals surface area contributed by atoms with Gasteiger partial charge in [0.25, 0.3) is 0 Å². The maximum absolute atomic E-state index is 5.64. The first-order valence-corrected chi connectivity index (χ1v) is 5.20. The Kier molecular flexibility index (Phi) is 5.08. The Morgan fingerprint density at radius 2 is 1.86 bits per heavy atom. The number of hydrogen-bond acceptors (Lipinski definition) is 2. The molecular weight excluding hydrogens is 176 g/mol. The normalized spacial score (nSPS) is 12.4. The number of ether oxygens (including phenoxy) is 2. The van der Waals surface area contributed by atoms with Gasteiger partial charge in [-0.05, 0) is 18.6 Å². The highest BCUT2D eigenvalue weighted by molar-refractivity contribution is 5.20. The Morgan fingerprint density at radius 3 is 2.43 bits per heavy atom. The maximum atomic E-state index is 5.64. The fraction of sp³-hybridized carbons (Fsp3) is 0.500. The van der Waals surface area contributed by atoms with Crippen LogP contribution in [-0.2, 0) is 4.74 Å². The van der Waals surface area contributed by atoms with E-state index in [1.807, 2.05) is 30.3 Å². The molecule has 1 aromatic rings. The molecule has 0 bridgehead atoms. The van der Waals surface area contributed by atoms with Crippen LogP contribution in [0.5, 0.6) is 5.75 Å². The summed E-state index contributed by atoms with van der Waals surface area (Å²) in [4.78, 5) is 0. The van der Waals surface area contributed by atoms with Crippen molar-refractivity contribution in [2.45, 2.75) is 33.0 Å². The molecule has 1 rings (SSSR count). The van der Waals surface area contributed by atoms with E-state index < -0.39 is 0 Å². The number of hydrogen-bond donors (Lipinski definition) is 0. The van der Waals surface area contributed by atoms with Crippen LogP contribution in [0.15, 0.2) is 30.3 Å². The smallest absolute Gasteiger partial charge is 0.199 e. The first-order chi connectivity index (χ1) is 6.86. The lowest BCUT2D eigenvalue weighted by Crippen LogP contribution is -2.19. The molecule has 0 spiro atoms. The van der Waals surface area contributed by atoms with Crippen molar-refractivity contribution in [1.82, 2.24) is 0 Å². The summed E-state index contributed by atoms with van der Waals surface area (Å²) >= 11 is 0. The lowest BCUT2D eigenvalue weighted by atomic mass is 10.3. The zero-order valence-electron chi connectivity index (χ0n) is 8.90. The van der Waals surface area contributed by atoms with Crippen molar-refractivity contribution in [2.75, 3.05) is 6.61 Å². The lowest BCUT2D eigenvalue weighted by Gasteiger charge is -2.17. The van der Waals surface area contributed by atoms with Crippen LogP contribution in [0.25, 0.3) is 0 Å². The van der Waals surface area contributed by atoms with Crippen molar-refractivity contribution in [2.24, 2.45) is 0 Å². The Balaban J connectivity index is 2.40. The Hall–Kier alpha value is -1.02. The van der Waals surface area contributed by atoms with Gasteiger partial charge in [-0.2, -0.15) is 0 Å². The largest absolute Gasteiger partial charge is 0.465 e. The van der Waals surface area contributed by atoms with E-state index >= 15 is 0 Å². The van der Waals surface area contributed by atoms with E-state index in [9.17, 15) is 0 Å². The van der Waals surface area contributed by atoms with Crippen molar-refractivity contribution >= 4 is 0 Å². The van der Waals surface area contributed by atoms with Gasteiger partial charge in [-0.25, -0.2) is 0 Å². The van der Waals surface area contributed by atoms with Crippen LogP contribution in [0.2, 0.25) is 0 Å². The van der Waals surface area contributed by atoms with Crippen molar-refractivity contribution < 1.29 is 9.47 Å². The van der Waals surface area contributed by atoms with Gasteiger partial charge in [0, 0.05) is 6.42 Å². The van der Waals surface area contributed by atoms with Crippen molar-refractivity contribution in [3.05, 3.63) is 30.3 Å². The van der Waals surface area contributed by atoms with Crippen LogP contribution in [0.3, 0.4) is 0 Å². The fourth-order valence-electron chi connectivity index (χ4n) is 1.14. The summed E-state index contributed by atoms with van der Waals surface area (Å²) < 4.78 is 11.2. The standard InChI is InChI=1S/C12H18O2/c1-3-10-13-12(4-2)14-11-8-6-5-7-9-11/h5-9,12H,3-4,10H2,1-2H3. The molecule has 1 unspecified atom stereocenters. The number of benzene rings is 1. The summed E-state index contributed by atoms with van der Waals surface area (Å²) in [5.74, 6) is 0.871. The quantitative estimate of drug-likeness (QED) is 0.647. The molecule has 0 aromatic heterocycles. The molecule has 1 atom stereocenters. The predicted molar refractivity (Wildman–Crippen MR) is 57.4 cm³/mol. The van der Waals surface area contributed by atoms with E-state index in [2.05, 4.69) is 13.8 Å². The Labute approximate surface area is 85.8 Å². The third kappa shape index (κ3) is 3.79. The topological polar surface area (TPSA) is 18.5 Å². The molecular formula is C12H18O2. The summed E-state index contributed by atoms with van der Waals surface area (Å²) in [6.45, 7) is 4.91. The van der Waals surface area contributed by atoms with Gasteiger partial charge in [0.1, 0.15) is 5.75 Å². The molecule has 0 saturated carbocycles. The molecule has 14 heavy (non-hydrogen) atoms. The van der Waals surface area contributed by atoms with Crippen molar-refractivity contribution in [3.63, 3.8) is 0 Å². The Bertz CT molecular complexity index is 233. The second-order valence-electron chi connectivity index (χ2n) is 3.14. The summed E-state index contributed by atoms with van der Waals surface area (Å²) in [6, 6.07) is 9.78. The van der Waals surface area contributed by atoms with Crippen LogP contribution in [0.1, 0.15) is 26.7 Å². The van der Waals surface area contributed by atoms with Crippen LogP contribution in [0, 0.1) is 0 Å². The van der Waals surface area contributed by atoms with Gasteiger partial charge < -0.3 is 9.47 Å². The highest BCUT2D eigenvalue weighted by Crippen LogP contribution is 2.13. The average molecular weight is 194 g/mol. The molecule has 0 N–H and O–H groups in total. The second kappa shape index (κ2) is 6.44. The van der Waals surface area contributed by atoms with Gasteiger partial charge in [-0.15, -0.1) is 0 Å². The minimum absolute atomic E-state index is 0.114. The first-order valence-electron chi connectivity index (χ1n) is 5.20. The Morgan fingerprint density at radius 1 is 1.14 bits per heavy atom. The van der Waals surface area contributed by atoms with Crippen molar-refractivity contribution in [3.8, 4) is 5.75 Å². The molecule has 0 aliphatic heterocycles. The molecule has 0 heterocycles. The summed E-state index contributed by atoms with van der Waals surface area (Å²) in [5, 5.41) is 0. The molecule has 0 saturated heterocycles. The first kappa shape index (κ1) is 11.1. The molecule has 2 heteroatoms. The summed E-state index contributed by atoms with van der Waals surface area (Å²) in [5.41, 5.74) is 0. The van der Waals surface area contributed by atoms with Crippen LogP contribution in [0.4, 0.5) is 0 Å². The molecule has 0 amide bonds. The van der Waals surface area contributed by atoms with E-state index in [0.717, 1.165) is 25.2 Å². The number of rotatable bonds is 6. The van der Waals surface area contributed by atoms with Crippen LogP contribution in [-0.4, -0.2) is 12.9 Å². The molecule has 1 aromatic carbocycles. The summed E-state index contributed by atoms with van der Waals surface area (Å²) in [6.07, 6.45) is 1.78. The predicted octanol–water partition coefficient (Wildman–Crippen LogP) is 3.23. The van der Waals surface area contributed by atoms with Gasteiger partial charge in [0.2, 0.25) is 0 Å². The molecule has 78 valence electrons. The van der Waals surface area contributed by atoms with Gasteiger partial charge in [-0.1, -0.05) is 32.0 Å².